The van der Waals surface area contributed by atoms with E-state index in [1.165, 1.54) is 0 Å². The van der Waals surface area contributed by atoms with Gasteiger partial charge in [0.1, 0.15) is 5.82 Å². The predicted molar refractivity (Wildman–Crippen MR) is 93.1 cm³/mol. The molecule has 140 valence electrons. The Morgan fingerprint density at radius 1 is 1.28 bits per heavy atom. The van der Waals surface area contributed by atoms with Crippen LogP contribution in [0.15, 0.2) is 18.5 Å². The van der Waals surface area contributed by atoms with Gasteiger partial charge in [0.25, 0.3) is 0 Å². The lowest BCUT2D eigenvalue weighted by Crippen LogP contribution is -2.30. The zero-order chi connectivity index (χ0) is 16.6. The SMILES string of the molecule is CN[C@@H]1CCN(c2cc(-c3cnn(C(F)(F)F)c3)nc(N)n2)C1.Cl.Cl. The van der Waals surface area contributed by atoms with Crippen LogP contribution in [0, 0.1) is 0 Å². The second kappa shape index (κ2) is 8.07. The molecule has 0 saturated carbocycles. The standard InChI is InChI=1S/C13H16F3N7.2ClH/c1-18-9-2-3-22(7-9)11-4-10(20-12(17)21-11)8-5-19-23(6-8)13(14,15)16;;/h4-6,9,18H,2-3,7H2,1H3,(H2,17,20,21);2*1H/t9-;;/m1../s1. The zero-order valence-electron chi connectivity index (χ0n) is 13.2. The van der Waals surface area contributed by atoms with Gasteiger partial charge in [0.05, 0.1) is 11.9 Å². The Hall–Kier alpha value is -1.78. The Bertz CT molecular complexity index is 707. The van der Waals surface area contributed by atoms with Gasteiger partial charge in [-0.15, -0.1) is 38.0 Å². The van der Waals surface area contributed by atoms with Gasteiger partial charge in [-0.05, 0) is 13.5 Å². The zero-order valence-corrected chi connectivity index (χ0v) is 14.8. The molecular weight excluding hydrogens is 382 g/mol. The van der Waals surface area contributed by atoms with E-state index in [4.69, 9.17) is 5.73 Å². The molecular formula is C13H18Cl2F3N7. The van der Waals surface area contributed by atoms with Crippen LogP contribution < -0.4 is 16.0 Å². The van der Waals surface area contributed by atoms with E-state index in [9.17, 15) is 13.2 Å². The molecule has 1 aliphatic rings. The van der Waals surface area contributed by atoms with E-state index in [2.05, 4.69) is 20.4 Å². The Kier molecular flexibility index (Phi) is 6.86. The lowest BCUT2D eigenvalue weighted by Gasteiger charge is -2.18. The van der Waals surface area contributed by atoms with Gasteiger partial charge < -0.3 is 16.0 Å². The summed E-state index contributed by atoms with van der Waals surface area (Å²) in [6, 6.07) is 1.98. The first kappa shape index (κ1) is 21.3. The molecule has 2 aromatic heterocycles. The lowest BCUT2D eigenvalue weighted by molar-refractivity contribution is -0.212. The summed E-state index contributed by atoms with van der Waals surface area (Å²) in [7, 11) is 1.89. The number of nitrogens with one attached hydrogen (secondary N) is 1. The van der Waals surface area contributed by atoms with Crippen molar-refractivity contribution in [3.8, 4) is 11.3 Å². The van der Waals surface area contributed by atoms with Crippen molar-refractivity contribution in [3.63, 3.8) is 0 Å². The molecule has 25 heavy (non-hydrogen) atoms. The second-order valence-electron chi connectivity index (χ2n) is 5.33. The topological polar surface area (TPSA) is 84.9 Å². The summed E-state index contributed by atoms with van der Waals surface area (Å²) >= 11 is 0. The maximum Gasteiger partial charge on any atom is 0.504 e. The van der Waals surface area contributed by atoms with Crippen molar-refractivity contribution in [2.24, 2.45) is 0 Å². The number of nitrogen functional groups attached to an aromatic ring is 1. The monoisotopic (exact) mass is 399 g/mol. The molecule has 12 heteroatoms. The minimum Gasteiger partial charge on any atom is -0.368 e. The first-order valence-corrected chi connectivity index (χ1v) is 7.06. The van der Waals surface area contributed by atoms with Gasteiger partial charge in [-0.2, -0.15) is 14.8 Å². The fourth-order valence-corrected chi connectivity index (χ4v) is 2.56. The minimum absolute atomic E-state index is 0. The average molecular weight is 400 g/mol. The van der Waals surface area contributed by atoms with Crippen molar-refractivity contribution in [2.75, 3.05) is 30.8 Å². The number of hydrogen-bond acceptors (Lipinski definition) is 6. The van der Waals surface area contributed by atoms with Gasteiger partial charge in [-0.25, -0.2) is 4.98 Å². The van der Waals surface area contributed by atoms with E-state index in [1.807, 2.05) is 11.9 Å². The van der Waals surface area contributed by atoms with E-state index in [0.29, 0.717) is 17.6 Å². The first-order chi connectivity index (χ1) is 10.9. The van der Waals surface area contributed by atoms with Crippen LogP contribution in [0.5, 0.6) is 0 Å². The van der Waals surface area contributed by atoms with Gasteiger partial charge >= 0.3 is 6.30 Å². The van der Waals surface area contributed by atoms with Crippen molar-refractivity contribution in [2.45, 2.75) is 18.8 Å². The molecule has 3 rings (SSSR count). The van der Waals surface area contributed by atoms with E-state index in [-0.39, 0.29) is 41.0 Å². The molecule has 0 amide bonds. The first-order valence-electron chi connectivity index (χ1n) is 7.06. The van der Waals surface area contributed by atoms with E-state index in [0.717, 1.165) is 31.9 Å². The van der Waals surface area contributed by atoms with Crippen molar-refractivity contribution in [1.29, 1.82) is 0 Å². The summed E-state index contributed by atoms with van der Waals surface area (Å²) in [4.78, 5) is 10.2. The van der Waals surface area contributed by atoms with Gasteiger partial charge in [0, 0.05) is 37.0 Å². The average Bonchev–Trinajstić information content (AvgIpc) is 3.15. The van der Waals surface area contributed by atoms with Crippen molar-refractivity contribution in [3.05, 3.63) is 18.5 Å². The molecule has 0 unspecified atom stereocenters. The molecule has 3 heterocycles. The molecule has 1 saturated heterocycles. The Balaban J connectivity index is 0.00000156. The number of hydrogen-bond donors (Lipinski definition) is 2. The number of anilines is 2. The summed E-state index contributed by atoms with van der Waals surface area (Å²) < 4.78 is 37.8. The van der Waals surface area contributed by atoms with Crippen molar-refractivity contribution in [1.82, 2.24) is 25.1 Å². The van der Waals surface area contributed by atoms with Crippen molar-refractivity contribution >= 4 is 36.6 Å². The van der Waals surface area contributed by atoms with Crippen LogP contribution in [0.1, 0.15) is 6.42 Å². The largest absolute Gasteiger partial charge is 0.504 e. The number of nitrogens with two attached hydrogens (primary N) is 1. The highest BCUT2D eigenvalue weighted by molar-refractivity contribution is 5.85. The molecule has 0 aliphatic carbocycles. The molecule has 0 aromatic carbocycles. The predicted octanol–water partition coefficient (Wildman–Crippen LogP) is 2.04. The van der Waals surface area contributed by atoms with Crippen LogP contribution in [-0.2, 0) is 6.30 Å². The van der Waals surface area contributed by atoms with Gasteiger partial charge in [0.2, 0.25) is 5.95 Å². The molecule has 0 spiro atoms. The van der Waals surface area contributed by atoms with Gasteiger partial charge in [-0.3, -0.25) is 0 Å². The number of likely N-dealkylation sites (N-methyl/N-ethyl adjacent to an activating group) is 1. The van der Waals surface area contributed by atoms with Crippen LogP contribution in [0.2, 0.25) is 0 Å². The number of nitrogens with zero attached hydrogens (tertiary/aromatic N) is 5. The Morgan fingerprint density at radius 2 is 2.00 bits per heavy atom. The van der Waals surface area contributed by atoms with Crippen LogP contribution in [0.25, 0.3) is 11.3 Å². The maximum atomic E-state index is 12.6. The Morgan fingerprint density at radius 3 is 2.56 bits per heavy atom. The van der Waals surface area contributed by atoms with Crippen LogP contribution in [0.4, 0.5) is 24.9 Å². The van der Waals surface area contributed by atoms with Crippen LogP contribution in [-0.4, -0.2) is 45.9 Å². The molecule has 1 atom stereocenters. The van der Waals surface area contributed by atoms with Gasteiger partial charge in [0.15, 0.2) is 0 Å². The summed E-state index contributed by atoms with van der Waals surface area (Å²) in [6.07, 6.45) is -1.61. The maximum absolute atomic E-state index is 12.6. The normalized spacial score (nSPS) is 17.1. The third kappa shape index (κ3) is 4.65. The second-order valence-corrected chi connectivity index (χ2v) is 5.33. The summed E-state index contributed by atoms with van der Waals surface area (Å²) in [5, 5.41) is 6.50. The fourth-order valence-electron chi connectivity index (χ4n) is 2.56. The summed E-state index contributed by atoms with van der Waals surface area (Å²) in [5.74, 6) is 0.621. The molecule has 0 bridgehead atoms. The molecule has 3 N–H and O–H groups in total. The molecule has 1 aliphatic heterocycles. The number of alkyl halides is 3. The fraction of sp³-hybridized carbons (Fsp3) is 0.462. The lowest BCUT2D eigenvalue weighted by atomic mass is 10.2. The molecule has 0 radical (unpaired) electrons. The summed E-state index contributed by atoms with van der Waals surface area (Å²) in [5.41, 5.74) is 6.26. The number of halogens is 5. The third-order valence-corrected chi connectivity index (χ3v) is 3.79. The van der Waals surface area contributed by atoms with E-state index in [1.54, 1.807) is 6.07 Å². The van der Waals surface area contributed by atoms with Gasteiger partial charge in [-0.1, -0.05) is 0 Å². The highest BCUT2D eigenvalue weighted by Crippen LogP contribution is 2.27. The van der Waals surface area contributed by atoms with E-state index >= 15 is 0 Å². The highest BCUT2D eigenvalue weighted by Gasteiger charge is 2.32. The minimum atomic E-state index is -4.56. The third-order valence-electron chi connectivity index (χ3n) is 3.79. The number of rotatable bonds is 3. The van der Waals surface area contributed by atoms with E-state index < -0.39 is 6.30 Å². The van der Waals surface area contributed by atoms with Crippen LogP contribution >= 0.6 is 24.8 Å². The smallest absolute Gasteiger partial charge is 0.368 e. The Labute approximate surface area is 154 Å². The molecule has 2 aromatic rings. The van der Waals surface area contributed by atoms with Crippen LogP contribution in [0.3, 0.4) is 0 Å². The molecule has 1 fully saturated rings. The summed E-state index contributed by atoms with van der Waals surface area (Å²) in [6.45, 7) is 1.55. The van der Waals surface area contributed by atoms with Crippen molar-refractivity contribution < 1.29 is 13.2 Å². The quantitative estimate of drug-likeness (QED) is 0.821. The highest BCUT2D eigenvalue weighted by atomic mass is 35.5. The number of aromatic nitrogens is 4. The molecule has 7 nitrogen and oxygen atoms in total.